The minimum Gasteiger partial charge on any atom is -0.494 e. The molecule has 4 nitrogen and oxygen atoms in total. The summed E-state index contributed by atoms with van der Waals surface area (Å²) in [7, 11) is 0. The van der Waals surface area contributed by atoms with Gasteiger partial charge >= 0.3 is 0 Å². The predicted octanol–water partition coefficient (Wildman–Crippen LogP) is 10.0. The molecule has 0 heterocycles. The Kier molecular flexibility index (Phi) is 15.1. The molecular weight excluding hydrogens is 544 g/mol. The van der Waals surface area contributed by atoms with E-state index in [1.54, 1.807) is 5.57 Å². The average molecular weight is 605 g/mol. The Bertz CT molecular complexity index is 1020. The van der Waals surface area contributed by atoms with Gasteiger partial charge in [-0.05, 0) is 116 Å². The summed E-state index contributed by atoms with van der Waals surface area (Å²) in [6.07, 6.45) is 18.8. The molecule has 2 fully saturated rings. The van der Waals surface area contributed by atoms with E-state index in [2.05, 4.69) is 62.4 Å². The lowest BCUT2D eigenvalue weighted by atomic mass is 9.61. The molecule has 2 aliphatic rings. The summed E-state index contributed by atoms with van der Waals surface area (Å²) in [4.78, 5) is 0. The highest BCUT2D eigenvalue weighted by Crippen LogP contribution is 2.51. The Hall–Kier alpha value is -2.30. The van der Waals surface area contributed by atoms with Gasteiger partial charge in [0.05, 0.1) is 13.2 Å². The number of ether oxygens (including phenoxy) is 2. The molecule has 0 amide bonds. The van der Waals surface area contributed by atoms with Crippen LogP contribution in [0.3, 0.4) is 0 Å². The van der Waals surface area contributed by atoms with E-state index in [1.165, 1.54) is 80.9 Å². The van der Waals surface area contributed by atoms with Gasteiger partial charge in [0.15, 0.2) is 0 Å². The van der Waals surface area contributed by atoms with Crippen LogP contribution in [0.4, 0.5) is 0 Å². The predicted molar refractivity (Wildman–Crippen MR) is 183 cm³/mol. The highest BCUT2D eigenvalue weighted by Gasteiger charge is 2.38. The van der Waals surface area contributed by atoms with Crippen molar-refractivity contribution in [2.24, 2.45) is 23.7 Å². The molecule has 0 saturated heterocycles. The minimum atomic E-state index is 0.310. The monoisotopic (exact) mass is 604 g/mol. The average Bonchev–Trinajstić information content (AvgIpc) is 3.02. The first kappa shape index (κ1) is 34.6. The SMILES string of the molecule is CC1CC2CC(C)C(=C(c3ccc(OCCCCCCCCO)cc3)c3ccc(OCCCCCCCCO)cc3)C(C1)C2. The van der Waals surface area contributed by atoms with E-state index in [4.69, 9.17) is 19.7 Å². The first-order valence-electron chi connectivity index (χ1n) is 18.0. The number of benzene rings is 2. The van der Waals surface area contributed by atoms with Crippen molar-refractivity contribution in [2.75, 3.05) is 26.4 Å². The number of fused-ring (bicyclic) bond motifs is 2. The maximum Gasteiger partial charge on any atom is 0.119 e. The summed E-state index contributed by atoms with van der Waals surface area (Å²) in [6.45, 7) is 7.06. The molecule has 0 spiro atoms. The molecule has 4 rings (SSSR count). The zero-order chi connectivity index (χ0) is 31.0. The van der Waals surface area contributed by atoms with Crippen LogP contribution >= 0.6 is 0 Å². The van der Waals surface area contributed by atoms with Crippen molar-refractivity contribution in [3.63, 3.8) is 0 Å². The smallest absolute Gasteiger partial charge is 0.119 e. The molecule has 0 radical (unpaired) electrons. The number of allylic oxidation sites excluding steroid dienone is 1. The number of hydrogen-bond acceptors (Lipinski definition) is 4. The molecule has 2 aromatic rings. The highest BCUT2D eigenvalue weighted by atomic mass is 16.5. The Morgan fingerprint density at radius 3 is 1.50 bits per heavy atom. The lowest BCUT2D eigenvalue weighted by molar-refractivity contribution is 0.163. The van der Waals surface area contributed by atoms with E-state index in [9.17, 15) is 0 Å². The van der Waals surface area contributed by atoms with Gasteiger partial charge in [0.2, 0.25) is 0 Å². The van der Waals surface area contributed by atoms with Crippen molar-refractivity contribution < 1.29 is 19.7 Å². The van der Waals surface area contributed by atoms with Crippen LogP contribution in [0, 0.1) is 23.7 Å². The van der Waals surface area contributed by atoms with Gasteiger partial charge in [0, 0.05) is 13.2 Å². The third-order valence-electron chi connectivity index (χ3n) is 9.92. The largest absolute Gasteiger partial charge is 0.494 e. The highest BCUT2D eigenvalue weighted by molar-refractivity contribution is 5.83. The van der Waals surface area contributed by atoms with Crippen LogP contribution in [0.25, 0.3) is 5.57 Å². The van der Waals surface area contributed by atoms with Gasteiger partial charge < -0.3 is 19.7 Å². The van der Waals surface area contributed by atoms with E-state index in [0.717, 1.165) is 75.1 Å². The van der Waals surface area contributed by atoms with E-state index in [0.29, 0.717) is 25.0 Å². The van der Waals surface area contributed by atoms with Crippen molar-refractivity contribution >= 4 is 5.57 Å². The van der Waals surface area contributed by atoms with E-state index in [-0.39, 0.29) is 0 Å². The second-order valence-electron chi connectivity index (χ2n) is 13.8. The Labute approximate surface area is 268 Å². The number of rotatable bonds is 20. The summed E-state index contributed by atoms with van der Waals surface area (Å²) in [5.74, 6) is 4.86. The molecule has 44 heavy (non-hydrogen) atoms. The molecule has 4 atom stereocenters. The summed E-state index contributed by atoms with van der Waals surface area (Å²) in [6, 6.07) is 17.8. The molecule has 244 valence electrons. The lowest BCUT2D eigenvalue weighted by Crippen LogP contribution is -2.32. The molecule has 0 aliphatic heterocycles. The summed E-state index contributed by atoms with van der Waals surface area (Å²) < 4.78 is 12.3. The molecule has 2 aromatic carbocycles. The normalized spacial score (nSPS) is 21.3. The number of hydrogen-bond donors (Lipinski definition) is 2. The molecule has 4 heteroatoms. The second kappa shape index (κ2) is 19.3. The van der Waals surface area contributed by atoms with Crippen LogP contribution in [0.1, 0.15) is 128 Å². The van der Waals surface area contributed by atoms with Crippen LogP contribution in [-0.2, 0) is 0 Å². The van der Waals surface area contributed by atoms with Crippen molar-refractivity contribution in [3.8, 4) is 11.5 Å². The number of aliphatic hydroxyl groups is 2. The molecule has 2 N–H and O–H groups in total. The second-order valence-corrected chi connectivity index (χ2v) is 13.8. The van der Waals surface area contributed by atoms with Crippen LogP contribution < -0.4 is 9.47 Å². The zero-order valence-electron chi connectivity index (χ0n) is 27.8. The van der Waals surface area contributed by atoms with Gasteiger partial charge in [-0.15, -0.1) is 0 Å². The summed E-state index contributed by atoms with van der Waals surface area (Å²) >= 11 is 0. The standard InChI is InChI=1S/C40H60O4/c1-31-27-33-29-32(2)39(36(28-31)30-33)40(34-15-19-37(20-16-34)43-25-13-9-5-3-7-11-23-41)35-17-21-38(22-18-35)44-26-14-10-6-4-8-12-24-42/h15-22,31-33,36,41-42H,3-14,23-30H2,1-2H3. The topological polar surface area (TPSA) is 58.9 Å². The van der Waals surface area contributed by atoms with Crippen LogP contribution in [0.5, 0.6) is 11.5 Å². The minimum absolute atomic E-state index is 0.310. The molecule has 2 saturated carbocycles. The van der Waals surface area contributed by atoms with Gasteiger partial charge in [-0.3, -0.25) is 0 Å². The van der Waals surface area contributed by atoms with Crippen molar-refractivity contribution in [1.29, 1.82) is 0 Å². The molecule has 2 bridgehead atoms. The zero-order valence-corrected chi connectivity index (χ0v) is 27.8. The van der Waals surface area contributed by atoms with Crippen molar-refractivity contribution in [3.05, 3.63) is 65.2 Å². The molecule has 4 unspecified atom stereocenters. The first-order chi connectivity index (χ1) is 21.6. The third-order valence-corrected chi connectivity index (χ3v) is 9.92. The van der Waals surface area contributed by atoms with Gasteiger partial charge in [-0.1, -0.05) is 95.1 Å². The van der Waals surface area contributed by atoms with Crippen LogP contribution in [0.2, 0.25) is 0 Å². The Balaban J connectivity index is 1.42. The fourth-order valence-corrected chi connectivity index (χ4v) is 7.83. The first-order valence-corrected chi connectivity index (χ1v) is 18.0. The van der Waals surface area contributed by atoms with Crippen molar-refractivity contribution in [1.82, 2.24) is 0 Å². The van der Waals surface area contributed by atoms with E-state index in [1.807, 2.05) is 0 Å². The van der Waals surface area contributed by atoms with Crippen LogP contribution in [0.15, 0.2) is 54.1 Å². The van der Waals surface area contributed by atoms with Gasteiger partial charge in [0.25, 0.3) is 0 Å². The van der Waals surface area contributed by atoms with Crippen molar-refractivity contribution in [2.45, 2.75) is 117 Å². The quantitative estimate of drug-likeness (QED) is 0.148. The van der Waals surface area contributed by atoms with Gasteiger partial charge in [-0.25, -0.2) is 0 Å². The summed E-state index contributed by atoms with van der Waals surface area (Å²) in [5.41, 5.74) is 5.70. The fourth-order valence-electron chi connectivity index (χ4n) is 7.83. The van der Waals surface area contributed by atoms with Gasteiger partial charge in [0.1, 0.15) is 11.5 Å². The molecule has 0 aromatic heterocycles. The fraction of sp³-hybridized carbons (Fsp3) is 0.650. The third kappa shape index (κ3) is 10.9. The Morgan fingerprint density at radius 1 is 0.568 bits per heavy atom. The lowest BCUT2D eigenvalue weighted by Gasteiger charge is -2.44. The Morgan fingerprint density at radius 2 is 1.02 bits per heavy atom. The summed E-state index contributed by atoms with van der Waals surface area (Å²) in [5, 5.41) is 17.9. The number of unbranched alkanes of at least 4 members (excludes halogenated alkanes) is 10. The maximum atomic E-state index is 8.93. The number of aliphatic hydroxyl groups excluding tert-OH is 2. The molecule has 2 aliphatic carbocycles. The van der Waals surface area contributed by atoms with E-state index >= 15 is 0 Å². The van der Waals surface area contributed by atoms with E-state index < -0.39 is 0 Å². The van der Waals surface area contributed by atoms with Crippen LogP contribution in [-0.4, -0.2) is 36.6 Å². The maximum absolute atomic E-state index is 8.93. The molecular formula is C40H60O4. The van der Waals surface area contributed by atoms with Gasteiger partial charge in [-0.2, -0.15) is 0 Å².